The van der Waals surface area contributed by atoms with Gasteiger partial charge in [-0.1, -0.05) is 69.6 Å². The number of hydrogen-bond donors (Lipinski definition) is 0. The Balaban J connectivity index is 1.90. The minimum Gasteiger partial charge on any atom is -0.426 e. The molecule has 0 saturated heterocycles. The number of hydrogen-bond acceptors (Lipinski definition) is 4. The van der Waals surface area contributed by atoms with E-state index >= 15 is 0 Å². The topological polar surface area (TPSA) is 52.6 Å². The van der Waals surface area contributed by atoms with Gasteiger partial charge >= 0.3 is 11.9 Å². The third-order valence-electron chi connectivity index (χ3n) is 2.91. The summed E-state index contributed by atoms with van der Waals surface area (Å²) >= 11 is 35.0. The van der Waals surface area contributed by atoms with Crippen LogP contribution in [0.3, 0.4) is 0 Å². The second-order valence-electron chi connectivity index (χ2n) is 4.85. The molecule has 0 radical (unpaired) electrons. The van der Waals surface area contributed by atoms with Crippen LogP contribution in [0.15, 0.2) is 24.3 Å². The molecule has 0 aliphatic rings. The largest absolute Gasteiger partial charge is 0.426 e. The Hall–Kier alpha value is -0.880. The van der Waals surface area contributed by atoms with Crippen LogP contribution in [0, 0.1) is 0 Å². The molecule has 0 saturated carbocycles. The Morgan fingerprint density at radius 3 is 1.15 bits per heavy atom. The fourth-order valence-corrected chi connectivity index (χ4v) is 2.90. The average molecular weight is 477 g/mol. The number of esters is 2. The lowest BCUT2D eigenvalue weighted by molar-refractivity contribution is -0.140. The standard InChI is InChI=1S/C16H8Cl6O4/c17-9-3-7(4-10(18)15(9)21)25-13(23)1-2-14(24)26-8-5-11(19)16(22)12(20)6-8/h3-6H,1-2H2. The van der Waals surface area contributed by atoms with E-state index in [-0.39, 0.29) is 54.5 Å². The first-order chi connectivity index (χ1) is 12.2. The van der Waals surface area contributed by atoms with E-state index < -0.39 is 11.9 Å². The van der Waals surface area contributed by atoms with Crippen LogP contribution in [0.2, 0.25) is 30.1 Å². The summed E-state index contributed by atoms with van der Waals surface area (Å²) in [4.78, 5) is 23.6. The molecule has 138 valence electrons. The van der Waals surface area contributed by atoms with Crippen molar-refractivity contribution >= 4 is 81.5 Å². The van der Waals surface area contributed by atoms with E-state index in [2.05, 4.69) is 0 Å². The van der Waals surface area contributed by atoms with E-state index in [4.69, 9.17) is 79.1 Å². The molecule has 4 nitrogen and oxygen atoms in total. The van der Waals surface area contributed by atoms with E-state index in [0.29, 0.717) is 0 Å². The van der Waals surface area contributed by atoms with Crippen molar-refractivity contribution in [3.63, 3.8) is 0 Å². The highest BCUT2D eigenvalue weighted by molar-refractivity contribution is 6.48. The fraction of sp³-hybridized carbons (Fsp3) is 0.125. The highest BCUT2D eigenvalue weighted by Crippen LogP contribution is 2.35. The minimum atomic E-state index is -0.677. The Morgan fingerprint density at radius 1 is 0.615 bits per heavy atom. The second-order valence-corrected chi connectivity index (χ2v) is 7.23. The molecular formula is C16H8Cl6O4. The van der Waals surface area contributed by atoms with Crippen molar-refractivity contribution in [1.82, 2.24) is 0 Å². The smallest absolute Gasteiger partial charge is 0.311 e. The van der Waals surface area contributed by atoms with Crippen LogP contribution in [0.4, 0.5) is 0 Å². The molecule has 0 spiro atoms. The third kappa shape index (κ3) is 5.81. The zero-order chi connectivity index (χ0) is 19.4. The monoisotopic (exact) mass is 474 g/mol. The van der Waals surface area contributed by atoms with Gasteiger partial charge in [0.25, 0.3) is 0 Å². The van der Waals surface area contributed by atoms with Gasteiger partial charge in [0.05, 0.1) is 43.0 Å². The van der Waals surface area contributed by atoms with Crippen molar-refractivity contribution in [3.8, 4) is 11.5 Å². The minimum absolute atomic E-state index is 0.110. The van der Waals surface area contributed by atoms with Crippen molar-refractivity contribution in [3.05, 3.63) is 54.4 Å². The Morgan fingerprint density at radius 2 is 0.885 bits per heavy atom. The van der Waals surface area contributed by atoms with Crippen LogP contribution in [-0.2, 0) is 9.59 Å². The molecular weight excluding hydrogens is 469 g/mol. The molecule has 0 atom stereocenters. The molecule has 0 N–H and O–H groups in total. The van der Waals surface area contributed by atoms with Gasteiger partial charge in [0.1, 0.15) is 11.5 Å². The Kier molecular flexibility index (Phi) is 7.71. The maximum atomic E-state index is 11.8. The van der Waals surface area contributed by atoms with Gasteiger partial charge in [-0.25, -0.2) is 0 Å². The SMILES string of the molecule is O=C(CCC(=O)Oc1cc(Cl)c(Cl)c(Cl)c1)Oc1cc(Cl)c(Cl)c(Cl)c1. The Bertz CT molecular complexity index is 750. The van der Waals surface area contributed by atoms with Crippen LogP contribution < -0.4 is 9.47 Å². The van der Waals surface area contributed by atoms with Gasteiger partial charge in [-0.2, -0.15) is 0 Å². The van der Waals surface area contributed by atoms with Gasteiger partial charge in [-0.05, 0) is 0 Å². The first-order valence-electron chi connectivity index (χ1n) is 6.88. The van der Waals surface area contributed by atoms with E-state index in [1.165, 1.54) is 24.3 Å². The van der Waals surface area contributed by atoms with Gasteiger partial charge in [0.15, 0.2) is 0 Å². The number of benzene rings is 2. The summed E-state index contributed by atoms with van der Waals surface area (Å²) in [6.45, 7) is 0. The van der Waals surface area contributed by atoms with Crippen LogP contribution in [0.25, 0.3) is 0 Å². The fourth-order valence-electron chi connectivity index (χ4n) is 1.75. The quantitative estimate of drug-likeness (QED) is 0.267. The van der Waals surface area contributed by atoms with Crippen molar-refractivity contribution in [2.24, 2.45) is 0 Å². The van der Waals surface area contributed by atoms with Crippen molar-refractivity contribution in [2.45, 2.75) is 12.8 Å². The van der Waals surface area contributed by atoms with Crippen molar-refractivity contribution in [1.29, 1.82) is 0 Å². The predicted molar refractivity (Wildman–Crippen MR) is 103 cm³/mol. The molecule has 2 rings (SSSR count). The van der Waals surface area contributed by atoms with E-state index in [1.807, 2.05) is 0 Å². The number of ether oxygens (including phenoxy) is 2. The molecule has 0 unspecified atom stereocenters. The first-order valence-corrected chi connectivity index (χ1v) is 9.14. The summed E-state index contributed by atoms with van der Waals surface area (Å²) in [5, 5.41) is 0.848. The third-order valence-corrected chi connectivity index (χ3v) is 5.30. The average Bonchev–Trinajstić information content (AvgIpc) is 2.55. The normalized spacial score (nSPS) is 10.5. The van der Waals surface area contributed by atoms with Gasteiger partial charge in [-0.3, -0.25) is 9.59 Å². The van der Waals surface area contributed by atoms with Crippen LogP contribution in [-0.4, -0.2) is 11.9 Å². The summed E-state index contributed by atoms with van der Waals surface area (Å²) < 4.78 is 10.1. The number of rotatable bonds is 5. The maximum Gasteiger partial charge on any atom is 0.311 e. The van der Waals surface area contributed by atoms with Gasteiger partial charge in [0.2, 0.25) is 0 Å². The van der Waals surface area contributed by atoms with E-state index in [9.17, 15) is 9.59 Å². The van der Waals surface area contributed by atoms with Crippen LogP contribution in [0.5, 0.6) is 11.5 Å². The molecule has 26 heavy (non-hydrogen) atoms. The zero-order valence-electron chi connectivity index (χ0n) is 12.6. The summed E-state index contributed by atoms with van der Waals surface area (Å²) in [7, 11) is 0. The van der Waals surface area contributed by atoms with E-state index in [0.717, 1.165) is 0 Å². The van der Waals surface area contributed by atoms with Crippen molar-refractivity contribution in [2.75, 3.05) is 0 Å². The van der Waals surface area contributed by atoms with Crippen LogP contribution >= 0.6 is 69.6 Å². The van der Waals surface area contributed by atoms with E-state index in [1.54, 1.807) is 0 Å². The lowest BCUT2D eigenvalue weighted by Crippen LogP contribution is -2.14. The second kappa shape index (κ2) is 9.36. The van der Waals surface area contributed by atoms with Crippen LogP contribution in [0.1, 0.15) is 12.8 Å². The summed E-state index contributed by atoms with van der Waals surface area (Å²) in [5.41, 5.74) is 0. The molecule has 0 aromatic heterocycles. The molecule has 0 bridgehead atoms. The molecule has 0 amide bonds. The molecule has 0 aliphatic heterocycles. The number of halogens is 6. The number of carbonyl (C=O) groups is 2. The van der Waals surface area contributed by atoms with Crippen molar-refractivity contribution < 1.29 is 19.1 Å². The molecule has 10 heteroatoms. The highest BCUT2D eigenvalue weighted by atomic mass is 35.5. The molecule has 0 fully saturated rings. The Labute approximate surface area is 178 Å². The molecule has 2 aromatic rings. The van der Waals surface area contributed by atoms with Gasteiger partial charge < -0.3 is 9.47 Å². The highest BCUT2D eigenvalue weighted by Gasteiger charge is 2.15. The summed E-state index contributed by atoms with van der Waals surface area (Å²) in [5.74, 6) is -1.13. The maximum absolute atomic E-state index is 11.8. The molecule has 0 heterocycles. The first kappa shape index (κ1) is 21.4. The zero-order valence-corrected chi connectivity index (χ0v) is 17.2. The van der Waals surface area contributed by atoms with Gasteiger partial charge in [0, 0.05) is 24.3 Å². The molecule has 2 aromatic carbocycles. The lowest BCUT2D eigenvalue weighted by Gasteiger charge is -2.08. The summed E-state index contributed by atoms with van der Waals surface area (Å²) in [6, 6.07) is 5.35. The van der Waals surface area contributed by atoms with Gasteiger partial charge in [-0.15, -0.1) is 0 Å². The summed E-state index contributed by atoms with van der Waals surface area (Å²) in [6.07, 6.45) is -0.461. The number of carbonyl (C=O) groups excluding carboxylic acids is 2. The predicted octanol–water partition coefficient (Wildman–Crippen LogP) is 6.90. The lowest BCUT2D eigenvalue weighted by atomic mass is 10.3. The molecule has 0 aliphatic carbocycles.